The van der Waals surface area contributed by atoms with Gasteiger partial charge in [0.15, 0.2) is 0 Å². The summed E-state index contributed by atoms with van der Waals surface area (Å²) < 4.78 is 44.3. The van der Waals surface area contributed by atoms with Crippen molar-refractivity contribution in [1.29, 1.82) is 0 Å². The van der Waals surface area contributed by atoms with E-state index in [1.54, 1.807) is 6.92 Å². The highest BCUT2D eigenvalue weighted by Crippen LogP contribution is 2.38. The monoisotopic (exact) mass is 538 g/mol. The second-order valence-corrected chi connectivity index (χ2v) is 10.1. The van der Waals surface area contributed by atoms with Crippen LogP contribution in [0, 0.1) is 12.8 Å². The Balaban J connectivity index is 1.46. The zero-order valence-corrected chi connectivity index (χ0v) is 20.5. The number of aryl methyl sites for hydroxylation is 1. The van der Waals surface area contributed by atoms with Gasteiger partial charge in [-0.25, -0.2) is 14.8 Å². The van der Waals surface area contributed by atoms with E-state index in [1.807, 2.05) is 24.3 Å². The Kier molecular flexibility index (Phi) is 6.81. The van der Waals surface area contributed by atoms with Gasteiger partial charge in [-0.05, 0) is 25.5 Å². The number of hydrogen-bond acceptors (Lipinski definition) is 10. The number of nitrogens with zero attached hydrogens (tertiary/aromatic N) is 4. The number of fused-ring (bicyclic) bond motifs is 1. The summed E-state index contributed by atoms with van der Waals surface area (Å²) in [5, 5.41) is 27.3. The number of thiazole rings is 1. The van der Waals surface area contributed by atoms with Crippen LogP contribution in [0.3, 0.4) is 0 Å². The van der Waals surface area contributed by atoms with Crippen molar-refractivity contribution in [2.45, 2.75) is 37.8 Å². The number of anilines is 2. The minimum atomic E-state index is -4.47. The lowest BCUT2D eigenvalue weighted by Crippen LogP contribution is -2.38. The molecule has 1 saturated heterocycles. The standard InChI is InChI=1S/C23H25F3N6O4S/c1-11-16(20-30-13-4-2-3-5-15(13)37-20)19(31-21(28-11)27-10-23(24,25)26)29-14-8-12(17(33)18(14)34)9-32-6-7-36-22(32)35/h2-5,12,14,17-18,33-34H,6-10H2,1H3,(H2,27,28,29,31)/t12-,14?,17-,18+/m1/s1. The first-order chi connectivity index (χ1) is 17.6. The van der Waals surface area contributed by atoms with Crippen LogP contribution >= 0.6 is 11.3 Å². The van der Waals surface area contributed by atoms with E-state index in [4.69, 9.17) is 4.74 Å². The highest BCUT2D eigenvalue weighted by atomic mass is 32.1. The van der Waals surface area contributed by atoms with Gasteiger partial charge in [0.25, 0.3) is 0 Å². The predicted molar refractivity (Wildman–Crippen MR) is 130 cm³/mol. The maximum absolute atomic E-state index is 12.8. The fourth-order valence-electron chi connectivity index (χ4n) is 4.67. The van der Waals surface area contributed by atoms with Crippen LogP contribution in [-0.2, 0) is 4.74 Å². The summed E-state index contributed by atoms with van der Waals surface area (Å²) >= 11 is 1.38. The smallest absolute Gasteiger partial charge is 0.409 e. The molecule has 4 N–H and O–H groups in total. The van der Waals surface area contributed by atoms with Gasteiger partial charge in [0.05, 0.1) is 40.2 Å². The highest BCUT2D eigenvalue weighted by Gasteiger charge is 2.44. The number of ether oxygens (including phenoxy) is 1. The summed E-state index contributed by atoms with van der Waals surface area (Å²) in [6.07, 6.45) is -6.97. The topological polar surface area (TPSA) is 133 Å². The molecular weight excluding hydrogens is 513 g/mol. The Bertz CT molecular complexity index is 1270. The number of aliphatic hydroxyl groups is 2. The first-order valence-corrected chi connectivity index (χ1v) is 12.5. The Morgan fingerprint density at radius 1 is 1.19 bits per heavy atom. The molecule has 1 aliphatic carbocycles. The summed E-state index contributed by atoms with van der Waals surface area (Å²) in [5.74, 6) is -0.477. The number of hydrogen-bond donors (Lipinski definition) is 4. The van der Waals surface area contributed by atoms with Crippen LogP contribution in [0.1, 0.15) is 12.1 Å². The lowest BCUT2D eigenvalue weighted by molar-refractivity contribution is -0.115. The van der Waals surface area contributed by atoms with Gasteiger partial charge in [0.1, 0.15) is 30.1 Å². The van der Waals surface area contributed by atoms with E-state index >= 15 is 0 Å². The second kappa shape index (κ2) is 9.91. The number of cyclic esters (lactones) is 1. The Labute approximate surface area is 213 Å². The number of halogens is 3. The molecule has 14 heteroatoms. The van der Waals surface area contributed by atoms with Gasteiger partial charge in [-0.2, -0.15) is 18.2 Å². The zero-order chi connectivity index (χ0) is 26.3. The second-order valence-electron chi connectivity index (χ2n) is 9.10. The van der Waals surface area contributed by atoms with Crippen LogP contribution in [0.25, 0.3) is 20.8 Å². The van der Waals surface area contributed by atoms with E-state index in [9.17, 15) is 28.2 Å². The van der Waals surface area contributed by atoms with Crippen molar-refractivity contribution in [2.75, 3.05) is 36.9 Å². The lowest BCUT2D eigenvalue weighted by atomic mass is 10.1. The van der Waals surface area contributed by atoms with Crippen LogP contribution < -0.4 is 10.6 Å². The molecule has 1 aliphatic heterocycles. The molecule has 37 heavy (non-hydrogen) atoms. The number of carbonyl (C=O) groups is 1. The third-order valence-corrected chi connectivity index (χ3v) is 7.52. The minimum absolute atomic E-state index is 0.189. The maximum Gasteiger partial charge on any atom is 0.409 e. The van der Waals surface area contributed by atoms with Gasteiger partial charge < -0.3 is 30.5 Å². The summed E-state index contributed by atoms with van der Waals surface area (Å²) in [6, 6.07) is 6.80. The molecule has 2 aliphatic rings. The van der Waals surface area contributed by atoms with Gasteiger partial charge in [-0.1, -0.05) is 12.1 Å². The normalized spacial score (nSPS) is 24.1. The Hall–Kier alpha value is -3.23. The van der Waals surface area contributed by atoms with E-state index in [1.165, 1.54) is 16.2 Å². The van der Waals surface area contributed by atoms with Crippen LogP contribution in [0.4, 0.5) is 29.7 Å². The number of para-hydroxylation sites is 1. The minimum Gasteiger partial charge on any atom is -0.448 e. The SMILES string of the molecule is Cc1nc(NCC(F)(F)F)nc(NC2C[C@H](CN3CCOC3=O)[C@@H](O)[C@H]2O)c1-c1nc2ccccc2s1. The Morgan fingerprint density at radius 3 is 2.68 bits per heavy atom. The molecule has 3 heterocycles. The maximum atomic E-state index is 12.8. The number of carbonyl (C=O) groups excluding carboxylic acids is 1. The van der Waals surface area contributed by atoms with Crippen molar-refractivity contribution < 1.29 is 32.9 Å². The van der Waals surface area contributed by atoms with Gasteiger partial charge in [-0.3, -0.25) is 0 Å². The molecule has 1 saturated carbocycles. The van der Waals surface area contributed by atoms with E-state index in [-0.39, 0.29) is 24.9 Å². The summed E-state index contributed by atoms with van der Waals surface area (Å²) in [6.45, 7) is 1.21. The number of amides is 1. The molecule has 198 valence electrons. The van der Waals surface area contributed by atoms with E-state index in [0.29, 0.717) is 29.2 Å². The molecule has 4 atom stereocenters. The van der Waals surface area contributed by atoms with E-state index < -0.39 is 43.0 Å². The molecule has 1 aromatic carbocycles. The van der Waals surface area contributed by atoms with Crippen LogP contribution in [0.2, 0.25) is 0 Å². The number of rotatable bonds is 7. The first-order valence-electron chi connectivity index (χ1n) is 11.7. The number of benzene rings is 1. The third kappa shape index (κ3) is 5.40. The Morgan fingerprint density at radius 2 is 1.97 bits per heavy atom. The molecule has 0 bridgehead atoms. The number of alkyl halides is 3. The molecule has 1 unspecified atom stereocenters. The summed E-state index contributed by atoms with van der Waals surface area (Å²) in [7, 11) is 0. The molecule has 0 radical (unpaired) electrons. The lowest BCUT2D eigenvalue weighted by Gasteiger charge is -2.21. The van der Waals surface area contributed by atoms with Crippen molar-refractivity contribution in [2.24, 2.45) is 5.92 Å². The number of aromatic nitrogens is 3. The predicted octanol–water partition coefficient (Wildman–Crippen LogP) is 3.01. The number of nitrogens with one attached hydrogen (secondary N) is 2. The first kappa shape index (κ1) is 25.4. The van der Waals surface area contributed by atoms with Crippen LogP contribution in [-0.4, -0.2) is 86.8 Å². The average Bonchev–Trinajstić information content (AvgIpc) is 3.52. The molecule has 10 nitrogen and oxygen atoms in total. The van der Waals surface area contributed by atoms with Crippen LogP contribution in [0.5, 0.6) is 0 Å². The largest absolute Gasteiger partial charge is 0.448 e. The fraction of sp³-hybridized carbons (Fsp3) is 0.478. The third-order valence-electron chi connectivity index (χ3n) is 6.47. The molecule has 1 amide bonds. The molecule has 5 rings (SSSR count). The fourth-order valence-corrected chi connectivity index (χ4v) is 5.73. The van der Waals surface area contributed by atoms with Gasteiger partial charge in [0, 0.05) is 12.5 Å². The van der Waals surface area contributed by atoms with Crippen molar-refractivity contribution >= 4 is 39.4 Å². The van der Waals surface area contributed by atoms with Crippen molar-refractivity contribution in [3.05, 3.63) is 30.0 Å². The van der Waals surface area contributed by atoms with Crippen LogP contribution in [0.15, 0.2) is 24.3 Å². The molecular formula is C23H25F3N6O4S. The van der Waals surface area contributed by atoms with Crippen molar-refractivity contribution in [3.63, 3.8) is 0 Å². The van der Waals surface area contributed by atoms with Gasteiger partial charge in [0.2, 0.25) is 5.95 Å². The molecule has 0 spiro atoms. The summed E-state index contributed by atoms with van der Waals surface area (Å²) in [5.41, 5.74) is 1.64. The highest BCUT2D eigenvalue weighted by molar-refractivity contribution is 7.21. The average molecular weight is 539 g/mol. The molecule has 2 aromatic heterocycles. The quantitative estimate of drug-likeness (QED) is 0.358. The number of aliphatic hydroxyl groups excluding tert-OH is 2. The van der Waals surface area contributed by atoms with E-state index in [2.05, 4.69) is 25.6 Å². The van der Waals surface area contributed by atoms with Gasteiger partial charge in [-0.15, -0.1) is 11.3 Å². The zero-order valence-electron chi connectivity index (χ0n) is 19.7. The van der Waals surface area contributed by atoms with Crippen molar-refractivity contribution in [1.82, 2.24) is 19.9 Å². The van der Waals surface area contributed by atoms with Crippen molar-refractivity contribution in [3.8, 4) is 10.6 Å². The molecule has 3 aromatic rings. The van der Waals surface area contributed by atoms with E-state index in [0.717, 1.165) is 10.2 Å². The summed E-state index contributed by atoms with van der Waals surface area (Å²) in [4.78, 5) is 26.5. The van der Waals surface area contributed by atoms with Gasteiger partial charge >= 0.3 is 12.3 Å². The molecule has 2 fully saturated rings.